The fourth-order valence-electron chi connectivity index (χ4n) is 2.72. The minimum absolute atomic E-state index is 0.214. The number of pyridine rings is 1. The normalized spacial score (nSPS) is 11.6. The van der Waals surface area contributed by atoms with Crippen LogP contribution in [0.5, 0.6) is 11.8 Å². The lowest BCUT2D eigenvalue weighted by molar-refractivity contribution is -0.136. The molecule has 2 aromatic heterocycles. The first-order chi connectivity index (χ1) is 15.4. The topological polar surface area (TPSA) is 120 Å². The Kier molecular flexibility index (Phi) is 8.12. The molecule has 0 radical (unpaired) electrons. The van der Waals surface area contributed by atoms with Gasteiger partial charge in [-0.25, -0.2) is 4.98 Å². The van der Waals surface area contributed by atoms with Gasteiger partial charge in [0, 0.05) is 24.6 Å². The van der Waals surface area contributed by atoms with Crippen molar-refractivity contribution in [2.24, 2.45) is 0 Å². The van der Waals surface area contributed by atoms with E-state index < -0.39 is 11.9 Å². The molecule has 0 saturated carbocycles. The number of hydrogen-bond acceptors (Lipinski definition) is 8. The second-order valence-electron chi connectivity index (χ2n) is 6.86. The van der Waals surface area contributed by atoms with E-state index in [2.05, 4.69) is 15.3 Å². The van der Waals surface area contributed by atoms with Crippen LogP contribution in [0.25, 0.3) is 0 Å². The molecule has 2 heterocycles. The minimum atomic E-state index is -0.991. The van der Waals surface area contributed by atoms with Gasteiger partial charge in [0.2, 0.25) is 11.8 Å². The monoisotopic (exact) mass is 457 g/mol. The Bertz CT molecular complexity index is 1060. The molecule has 10 heteroatoms. The van der Waals surface area contributed by atoms with Crippen LogP contribution < -0.4 is 14.8 Å². The smallest absolute Gasteiger partial charge is 0.309 e. The van der Waals surface area contributed by atoms with Crippen molar-refractivity contribution in [3.8, 4) is 11.8 Å². The first kappa shape index (κ1) is 23.2. The number of nitrogens with zero attached hydrogens (tertiary/aromatic N) is 2. The number of aliphatic carboxylic acids is 1. The maximum absolute atomic E-state index is 12.8. The largest absolute Gasteiger partial charge is 0.481 e. The molecular weight excluding hydrogens is 434 g/mol. The van der Waals surface area contributed by atoms with Crippen molar-refractivity contribution < 1.29 is 28.9 Å². The highest BCUT2D eigenvalue weighted by Gasteiger charge is 2.16. The van der Waals surface area contributed by atoms with Crippen LogP contribution in [0.3, 0.4) is 0 Å². The summed E-state index contributed by atoms with van der Waals surface area (Å²) >= 11 is 1.15. The Hall–Kier alpha value is -3.50. The molecule has 2 N–H and O–H groups in total. The molecule has 32 heavy (non-hydrogen) atoms. The Morgan fingerprint density at radius 3 is 2.62 bits per heavy atom. The summed E-state index contributed by atoms with van der Waals surface area (Å²) in [5.41, 5.74) is 1.59. The number of anilines is 1. The van der Waals surface area contributed by atoms with Crippen LogP contribution in [-0.2, 0) is 22.6 Å². The van der Waals surface area contributed by atoms with E-state index in [1.165, 1.54) is 12.1 Å². The van der Waals surface area contributed by atoms with E-state index in [0.29, 0.717) is 17.4 Å². The summed E-state index contributed by atoms with van der Waals surface area (Å²) in [6.07, 6.45) is -0.501. The standard InChI is InChI=1S/C22H23N3O6S/c1-14(11-29-2)31-19-9-16(8-18(24-19)30-12-15-6-4-3-5-7-15)21(28)25-22-23-17(13-32-22)10-20(26)27/h3-9,13-14H,10-12H2,1-2H3,(H,26,27)(H,23,25,28). The zero-order valence-corrected chi connectivity index (χ0v) is 18.4. The van der Waals surface area contributed by atoms with Crippen LogP contribution in [0.15, 0.2) is 47.8 Å². The molecule has 1 atom stereocenters. The molecule has 0 aliphatic heterocycles. The SMILES string of the molecule is COCC(C)Oc1cc(C(=O)Nc2nc(CC(=O)O)cs2)cc(OCc2ccccc2)n1. The van der Waals surface area contributed by atoms with Gasteiger partial charge in [-0.2, -0.15) is 4.98 Å². The number of ether oxygens (including phenoxy) is 3. The third-order valence-corrected chi connectivity index (χ3v) is 4.90. The van der Waals surface area contributed by atoms with E-state index in [4.69, 9.17) is 19.3 Å². The van der Waals surface area contributed by atoms with Gasteiger partial charge in [-0.15, -0.1) is 11.3 Å². The van der Waals surface area contributed by atoms with Crippen molar-refractivity contribution in [1.82, 2.24) is 9.97 Å². The number of hydrogen-bond donors (Lipinski definition) is 2. The van der Waals surface area contributed by atoms with Gasteiger partial charge in [-0.05, 0) is 12.5 Å². The predicted octanol–water partition coefficient (Wildman–Crippen LogP) is 3.41. The van der Waals surface area contributed by atoms with Crippen molar-refractivity contribution >= 4 is 28.3 Å². The predicted molar refractivity (Wildman–Crippen MR) is 118 cm³/mol. The van der Waals surface area contributed by atoms with Crippen molar-refractivity contribution in [2.75, 3.05) is 19.0 Å². The number of carboxylic acid groups (broad SMARTS) is 1. The van der Waals surface area contributed by atoms with Gasteiger partial charge >= 0.3 is 5.97 Å². The number of amides is 1. The fourth-order valence-corrected chi connectivity index (χ4v) is 3.43. The summed E-state index contributed by atoms with van der Waals surface area (Å²) < 4.78 is 16.6. The molecule has 0 fully saturated rings. The quantitative estimate of drug-likeness (QED) is 0.450. The molecule has 1 amide bonds. The lowest BCUT2D eigenvalue weighted by Gasteiger charge is -2.15. The van der Waals surface area contributed by atoms with Crippen molar-refractivity contribution in [3.63, 3.8) is 0 Å². The molecule has 3 aromatic rings. The van der Waals surface area contributed by atoms with Crippen molar-refractivity contribution in [3.05, 3.63) is 64.7 Å². The second-order valence-corrected chi connectivity index (χ2v) is 7.72. The summed E-state index contributed by atoms with van der Waals surface area (Å²) in [7, 11) is 1.57. The van der Waals surface area contributed by atoms with Gasteiger partial charge in [0.15, 0.2) is 5.13 Å². The third-order valence-electron chi connectivity index (χ3n) is 4.10. The molecular formula is C22H23N3O6S. The number of carbonyl (C=O) groups excluding carboxylic acids is 1. The number of benzene rings is 1. The first-order valence-corrected chi connectivity index (χ1v) is 10.6. The number of nitrogens with one attached hydrogen (secondary N) is 1. The summed E-state index contributed by atoms with van der Waals surface area (Å²) in [5, 5.41) is 13.4. The number of rotatable bonds is 11. The van der Waals surface area contributed by atoms with Gasteiger partial charge in [0.25, 0.3) is 5.91 Å². The summed E-state index contributed by atoms with van der Waals surface area (Å²) in [6, 6.07) is 12.6. The van der Waals surface area contributed by atoms with Crippen LogP contribution in [-0.4, -0.2) is 46.8 Å². The molecule has 0 saturated heterocycles. The first-order valence-electron chi connectivity index (χ1n) is 9.75. The van der Waals surface area contributed by atoms with Crippen LogP contribution in [0, 0.1) is 0 Å². The van der Waals surface area contributed by atoms with E-state index >= 15 is 0 Å². The Balaban J connectivity index is 1.77. The third kappa shape index (κ3) is 7.03. The lowest BCUT2D eigenvalue weighted by Crippen LogP contribution is -2.19. The zero-order chi connectivity index (χ0) is 22.9. The number of carboxylic acids is 1. The van der Waals surface area contributed by atoms with Crippen LogP contribution in [0.2, 0.25) is 0 Å². The Morgan fingerprint density at radius 1 is 1.16 bits per heavy atom. The van der Waals surface area contributed by atoms with Gasteiger partial charge in [-0.3, -0.25) is 14.9 Å². The summed E-state index contributed by atoms with van der Waals surface area (Å²) in [6.45, 7) is 2.45. The molecule has 168 valence electrons. The summed E-state index contributed by atoms with van der Waals surface area (Å²) in [4.78, 5) is 32.1. The van der Waals surface area contributed by atoms with Crippen LogP contribution in [0.4, 0.5) is 5.13 Å². The van der Waals surface area contributed by atoms with Crippen LogP contribution in [0.1, 0.15) is 28.5 Å². The van der Waals surface area contributed by atoms with Gasteiger partial charge < -0.3 is 19.3 Å². The van der Waals surface area contributed by atoms with Crippen molar-refractivity contribution in [2.45, 2.75) is 26.1 Å². The average molecular weight is 458 g/mol. The average Bonchev–Trinajstić information content (AvgIpc) is 3.19. The van der Waals surface area contributed by atoms with Gasteiger partial charge in [0.1, 0.15) is 12.7 Å². The Labute approximate surface area is 189 Å². The lowest BCUT2D eigenvalue weighted by atomic mass is 10.2. The van der Waals surface area contributed by atoms with Gasteiger partial charge in [0.05, 0.1) is 24.3 Å². The van der Waals surface area contributed by atoms with Gasteiger partial charge in [-0.1, -0.05) is 30.3 Å². The number of carbonyl (C=O) groups is 2. The minimum Gasteiger partial charge on any atom is -0.481 e. The molecule has 1 aromatic carbocycles. The molecule has 0 aliphatic carbocycles. The molecule has 1 unspecified atom stereocenters. The zero-order valence-electron chi connectivity index (χ0n) is 17.6. The summed E-state index contributed by atoms with van der Waals surface area (Å²) in [5.74, 6) is -0.991. The Morgan fingerprint density at radius 2 is 1.91 bits per heavy atom. The molecule has 9 nitrogen and oxygen atoms in total. The number of thiazole rings is 1. The molecule has 0 bridgehead atoms. The number of aromatic nitrogens is 2. The number of methoxy groups -OCH3 is 1. The second kappa shape index (κ2) is 11.2. The fraction of sp³-hybridized carbons (Fsp3) is 0.273. The van der Waals surface area contributed by atoms with E-state index in [0.717, 1.165) is 16.9 Å². The molecule has 3 rings (SSSR count). The maximum atomic E-state index is 12.8. The maximum Gasteiger partial charge on any atom is 0.309 e. The molecule has 0 spiro atoms. The van der Waals surface area contributed by atoms with E-state index in [-0.39, 0.29) is 36.5 Å². The highest BCUT2D eigenvalue weighted by Crippen LogP contribution is 2.23. The van der Waals surface area contributed by atoms with E-state index in [9.17, 15) is 9.59 Å². The van der Waals surface area contributed by atoms with Crippen molar-refractivity contribution in [1.29, 1.82) is 0 Å². The van der Waals surface area contributed by atoms with E-state index in [1.54, 1.807) is 12.5 Å². The van der Waals surface area contributed by atoms with Crippen LogP contribution >= 0.6 is 11.3 Å². The molecule has 0 aliphatic rings. The highest BCUT2D eigenvalue weighted by molar-refractivity contribution is 7.14. The van der Waals surface area contributed by atoms with E-state index in [1.807, 2.05) is 37.3 Å². The highest BCUT2D eigenvalue weighted by atomic mass is 32.1.